The number of hydrogen-bond acceptors (Lipinski definition) is 3. The number of sulfonamides is 1. The largest absolute Gasteiger partial charge is 0.397 e. The van der Waals surface area contributed by atoms with Crippen LogP contribution in [-0.2, 0) is 10.0 Å². The molecule has 4 nitrogen and oxygen atoms in total. The van der Waals surface area contributed by atoms with E-state index in [1.807, 2.05) is 0 Å². The van der Waals surface area contributed by atoms with Gasteiger partial charge in [-0.05, 0) is 31.0 Å². The second-order valence-corrected chi connectivity index (χ2v) is 6.40. The summed E-state index contributed by atoms with van der Waals surface area (Å²) in [6.07, 6.45) is -5.67. The summed E-state index contributed by atoms with van der Waals surface area (Å²) in [5, 5.41) is 0.221. The highest BCUT2D eigenvalue weighted by Crippen LogP contribution is 2.26. The second kappa shape index (κ2) is 6.19. The minimum atomic E-state index is -4.30. The first-order chi connectivity index (χ1) is 9.03. The van der Waals surface area contributed by atoms with Crippen LogP contribution in [0.25, 0.3) is 0 Å². The average molecular weight is 331 g/mol. The van der Waals surface area contributed by atoms with Crippen molar-refractivity contribution >= 4 is 27.3 Å². The molecule has 0 aliphatic rings. The smallest absolute Gasteiger partial charge is 0.389 e. The van der Waals surface area contributed by atoms with Crippen LogP contribution >= 0.6 is 11.6 Å². The van der Waals surface area contributed by atoms with Gasteiger partial charge >= 0.3 is 6.18 Å². The monoisotopic (exact) mass is 330 g/mol. The lowest BCUT2D eigenvalue weighted by Gasteiger charge is -2.11. The molecule has 0 unspecified atom stereocenters. The molecule has 1 aromatic carbocycles. The zero-order chi connectivity index (χ0) is 15.6. The molecule has 0 aliphatic heterocycles. The van der Waals surface area contributed by atoms with Crippen LogP contribution in [0.4, 0.5) is 18.9 Å². The van der Waals surface area contributed by atoms with Crippen LogP contribution in [0, 0.1) is 6.92 Å². The fourth-order valence-electron chi connectivity index (χ4n) is 1.53. The van der Waals surface area contributed by atoms with Gasteiger partial charge in [-0.15, -0.1) is 0 Å². The normalized spacial score (nSPS) is 12.7. The predicted molar refractivity (Wildman–Crippen MR) is 71.1 cm³/mol. The molecule has 0 fully saturated rings. The van der Waals surface area contributed by atoms with E-state index >= 15 is 0 Å². The molecule has 1 rings (SSSR count). The molecule has 0 aliphatic carbocycles. The summed E-state index contributed by atoms with van der Waals surface area (Å²) in [6.45, 7) is 1.22. The Morgan fingerprint density at radius 2 is 1.95 bits per heavy atom. The average Bonchev–Trinajstić information content (AvgIpc) is 2.28. The highest BCUT2D eigenvalue weighted by atomic mass is 35.5. The number of rotatable bonds is 5. The van der Waals surface area contributed by atoms with E-state index in [4.69, 9.17) is 17.3 Å². The number of hydrogen-bond donors (Lipinski definition) is 2. The number of alkyl halides is 3. The first-order valence-electron chi connectivity index (χ1n) is 5.65. The number of halogens is 4. The molecule has 1 aromatic rings. The van der Waals surface area contributed by atoms with Crippen molar-refractivity contribution in [2.24, 2.45) is 0 Å². The molecule has 20 heavy (non-hydrogen) atoms. The van der Waals surface area contributed by atoms with Gasteiger partial charge in [0.15, 0.2) is 0 Å². The van der Waals surface area contributed by atoms with Gasteiger partial charge in [-0.2, -0.15) is 13.2 Å². The van der Waals surface area contributed by atoms with E-state index in [1.165, 1.54) is 19.1 Å². The van der Waals surface area contributed by atoms with E-state index in [9.17, 15) is 21.6 Å². The minimum absolute atomic E-state index is 0.0907. The molecule has 9 heteroatoms. The Balaban J connectivity index is 2.77. The standard InChI is InChI=1S/C11H14ClF3N2O2S/c1-7-5-8(12)9(16)6-10(7)20(18,19)17-4-2-3-11(13,14)15/h5-6,17H,2-4,16H2,1H3. The van der Waals surface area contributed by atoms with Crippen molar-refractivity contribution in [3.8, 4) is 0 Å². The fraction of sp³-hybridized carbons (Fsp3) is 0.455. The van der Waals surface area contributed by atoms with Crippen molar-refractivity contribution < 1.29 is 21.6 Å². The SMILES string of the molecule is Cc1cc(Cl)c(N)cc1S(=O)(=O)NCCCC(F)(F)F. The van der Waals surface area contributed by atoms with Gasteiger partial charge in [0.25, 0.3) is 0 Å². The molecule has 0 saturated heterocycles. The van der Waals surface area contributed by atoms with Crippen molar-refractivity contribution in [1.29, 1.82) is 0 Å². The van der Waals surface area contributed by atoms with Crippen LogP contribution in [-0.4, -0.2) is 21.1 Å². The molecule has 114 valence electrons. The van der Waals surface area contributed by atoms with Crippen LogP contribution in [0.3, 0.4) is 0 Å². The number of nitrogens with one attached hydrogen (secondary N) is 1. The third kappa shape index (κ3) is 4.84. The molecule has 0 atom stereocenters. The second-order valence-electron chi connectivity index (χ2n) is 4.26. The van der Waals surface area contributed by atoms with E-state index in [-0.39, 0.29) is 28.6 Å². The molecular formula is C11H14ClF3N2O2S. The van der Waals surface area contributed by atoms with Crippen LogP contribution in [0.2, 0.25) is 5.02 Å². The quantitative estimate of drug-likeness (QED) is 0.644. The highest BCUT2D eigenvalue weighted by molar-refractivity contribution is 7.89. The number of aryl methyl sites for hydroxylation is 1. The number of nitrogen functional groups attached to an aromatic ring is 1. The van der Waals surface area contributed by atoms with E-state index in [0.717, 1.165) is 0 Å². The molecule has 0 bridgehead atoms. The van der Waals surface area contributed by atoms with Gasteiger partial charge in [0.2, 0.25) is 10.0 Å². The molecule has 0 radical (unpaired) electrons. The summed E-state index contributed by atoms with van der Waals surface area (Å²) in [7, 11) is -3.90. The molecular weight excluding hydrogens is 317 g/mol. The Morgan fingerprint density at radius 3 is 2.50 bits per heavy atom. The van der Waals surface area contributed by atoms with Gasteiger partial charge in [-0.25, -0.2) is 13.1 Å². The zero-order valence-corrected chi connectivity index (χ0v) is 12.2. The summed E-state index contributed by atoms with van der Waals surface area (Å²) in [5.74, 6) is 0. The molecule has 3 N–H and O–H groups in total. The topological polar surface area (TPSA) is 72.2 Å². The molecule has 0 aromatic heterocycles. The predicted octanol–water partition coefficient (Wildman–Crippen LogP) is 2.85. The van der Waals surface area contributed by atoms with Crippen molar-refractivity contribution in [2.45, 2.75) is 30.8 Å². The first kappa shape index (κ1) is 17.1. The van der Waals surface area contributed by atoms with Gasteiger partial charge in [-0.3, -0.25) is 0 Å². The zero-order valence-electron chi connectivity index (χ0n) is 10.6. The number of anilines is 1. The lowest BCUT2D eigenvalue weighted by atomic mass is 10.2. The maximum Gasteiger partial charge on any atom is 0.389 e. The van der Waals surface area contributed by atoms with Crippen molar-refractivity contribution in [2.75, 3.05) is 12.3 Å². The summed E-state index contributed by atoms with van der Waals surface area (Å²) in [6, 6.07) is 2.57. The Morgan fingerprint density at radius 1 is 1.35 bits per heavy atom. The van der Waals surface area contributed by atoms with Gasteiger partial charge in [0.05, 0.1) is 15.6 Å². The minimum Gasteiger partial charge on any atom is -0.397 e. The highest BCUT2D eigenvalue weighted by Gasteiger charge is 2.26. The van der Waals surface area contributed by atoms with E-state index in [0.29, 0.717) is 5.56 Å². The lowest BCUT2D eigenvalue weighted by Crippen LogP contribution is -2.26. The van der Waals surface area contributed by atoms with Gasteiger partial charge in [0, 0.05) is 13.0 Å². The number of nitrogens with two attached hydrogens (primary N) is 1. The first-order valence-corrected chi connectivity index (χ1v) is 7.51. The van der Waals surface area contributed by atoms with E-state index < -0.39 is 22.6 Å². The van der Waals surface area contributed by atoms with Gasteiger partial charge < -0.3 is 5.73 Å². The van der Waals surface area contributed by atoms with Crippen molar-refractivity contribution in [3.63, 3.8) is 0 Å². The fourth-order valence-corrected chi connectivity index (χ4v) is 3.08. The van der Waals surface area contributed by atoms with Crippen LogP contribution < -0.4 is 10.5 Å². The van der Waals surface area contributed by atoms with Gasteiger partial charge in [-0.1, -0.05) is 11.6 Å². The summed E-state index contributed by atoms with van der Waals surface area (Å²) in [4.78, 5) is -0.0913. The maximum absolute atomic E-state index is 12.0. The van der Waals surface area contributed by atoms with E-state index in [1.54, 1.807) is 0 Å². The maximum atomic E-state index is 12.0. The Hall–Kier alpha value is -0.990. The lowest BCUT2D eigenvalue weighted by molar-refractivity contribution is -0.135. The summed E-state index contributed by atoms with van der Waals surface area (Å²) in [5.41, 5.74) is 5.98. The molecule has 0 amide bonds. The van der Waals surface area contributed by atoms with E-state index in [2.05, 4.69) is 4.72 Å². The Labute approximate surface area is 120 Å². The summed E-state index contributed by atoms with van der Waals surface area (Å²) < 4.78 is 61.9. The molecule has 0 saturated carbocycles. The van der Waals surface area contributed by atoms with Crippen LogP contribution in [0.15, 0.2) is 17.0 Å². The van der Waals surface area contributed by atoms with Crippen LogP contribution in [0.5, 0.6) is 0 Å². The summed E-state index contributed by atoms with van der Waals surface area (Å²) >= 11 is 5.75. The third-order valence-corrected chi connectivity index (χ3v) is 4.44. The Bertz CT molecular complexity index is 588. The molecule has 0 spiro atoms. The van der Waals surface area contributed by atoms with Gasteiger partial charge in [0.1, 0.15) is 0 Å². The molecule has 0 heterocycles. The van der Waals surface area contributed by atoms with Crippen molar-refractivity contribution in [3.05, 3.63) is 22.7 Å². The Kier molecular flexibility index (Phi) is 5.28. The van der Waals surface area contributed by atoms with Crippen molar-refractivity contribution in [1.82, 2.24) is 4.72 Å². The van der Waals surface area contributed by atoms with Crippen LogP contribution in [0.1, 0.15) is 18.4 Å². The third-order valence-electron chi connectivity index (χ3n) is 2.51. The number of benzene rings is 1.